The number of carbonyl (C=O) groups is 11. The minimum Gasteiger partial charge on any atom is -0.394 e. The highest BCUT2D eigenvalue weighted by Crippen LogP contribution is 2.30. The number of Topliss-reactive ketones (excluding diaryl/α,β-unsaturated/α-hetero) is 3. The van der Waals surface area contributed by atoms with Crippen LogP contribution in [-0.4, -0.2) is 257 Å². The maximum absolute atomic E-state index is 15.4. The average Bonchev–Trinajstić information content (AvgIpc) is 1.93. The fourth-order valence-electron chi connectivity index (χ4n) is 12.7. The van der Waals surface area contributed by atoms with Gasteiger partial charge in [-0.3, -0.25) is 57.6 Å². The highest BCUT2D eigenvalue weighted by atomic mass is 16.5. The Balaban J connectivity index is 3.03. The van der Waals surface area contributed by atoms with E-state index in [-0.39, 0.29) is 68.6 Å². The summed E-state index contributed by atoms with van der Waals surface area (Å²) in [6.45, 7) is 30.7. The summed E-state index contributed by atoms with van der Waals surface area (Å²) in [4.78, 5) is 174. The quantitative estimate of drug-likeness (QED) is 0.179. The van der Waals surface area contributed by atoms with E-state index < -0.39 is 168 Å². The summed E-state index contributed by atoms with van der Waals surface area (Å²) in [5.74, 6) is -11.8. The Morgan fingerprint density at radius 3 is 1.33 bits per heavy atom. The third-order valence-electron chi connectivity index (χ3n) is 18.8. The summed E-state index contributed by atoms with van der Waals surface area (Å²) in [5.41, 5.74) is 0. The summed E-state index contributed by atoms with van der Waals surface area (Å²) < 4.78 is 5.55. The van der Waals surface area contributed by atoms with Crippen LogP contribution >= 0.6 is 0 Å². The first-order valence-electron chi connectivity index (χ1n) is 33.5. The van der Waals surface area contributed by atoms with Gasteiger partial charge in [0.25, 0.3) is 0 Å². The molecule has 0 unspecified atom stereocenters. The van der Waals surface area contributed by atoms with Crippen molar-refractivity contribution in [3.8, 4) is 0 Å². The number of morpholine rings is 1. The van der Waals surface area contributed by atoms with E-state index in [1.165, 1.54) is 80.8 Å². The fraction of sp³-hybridized carbons (Fsp3) is 0.838. The Hall–Kier alpha value is -5.39. The molecule has 0 aromatic carbocycles. The number of rotatable bonds is 17. The number of nitrogens with one attached hydrogen (secondary N) is 1. The molecule has 0 spiro atoms. The first-order chi connectivity index (χ1) is 42.2. The molecule has 0 aromatic rings. The first kappa shape index (κ1) is 81.7. The number of likely N-dealkylation sites (N-methyl/N-ethyl adjacent to an activating group) is 7. The number of aliphatic hydroxyl groups is 2. The van der Waals surface area contributed by atoms with Gasteiger partial charge in [0.05, 0.1) is 38.0 Å². The molecule has 23 nitrogen and oxygen atoms in total. The molecule has 0 aliphatic carbocycles. The number of hydrogen-bond acceptors (Lipinski definition) is 15. The summed E-state index contributed by atoms with van der Waals surface area (Å²) in [5, 5.41) is 26.2. The van der Waals surface area contributed by atoms with Gasteiger partial charge in [0.2, 0.25) is 47.3 Å². The van der Waals surface area contributed by atoms with Crippen LogP contribution in [0.5, 0.6) is 0 Å². The van der Waals surface area contributed by atoms with Crippen LogP contribution in [-0.2, 0) is 57.5 Å². The molecule has 2 aliphatic rings. The Morgan fingerprint density at radius 2 is 0.879 bits per heavy atom. The van der Waals surface area contributed by atoms with Crippen molar-refractivity contribution >= 4 is 64.6 Å². The third-order valence-corrected chi connectivity index (χ3v) is 18.8. The minimum atomic E-state index is -1.55. The van der Waals surface area contributed by atoms with Crippen LogP contribution in [0.3, 0.4) is 0 Å². The molecule has 0 saturated carbocycles. The molecule has 23 heteroatoms. The molecule has 2 rings (SSSR count). The van der Waals surface area contributed by atoms with Crippen molar-refractivity contribution in [2.75, 3.05) is 88.8 Å². The molecule has 2 saturated heterocycles. The zero-order chi connectivity index (χ0) is 70.0. The molecular formula is C68H121N9O14. The lowest BCUT2D eigenvalue weighted by atomic mass is 9.84. The van der Waals surface area contributed by atoms with Gasteiger partial charge in [0.1, 0.15) is 36.3 Å². The normalized spacial score (nSPS) is 28.1. The van der Waals surface area contributed by atoms with Gasteiger partial charge in [-0.2, -0.15) is 0 Å². The highest BCUT2D eigenvalue weighted by Gasteiger charge is 2.46. The summed E-state index contributed by atoms with van der Waals surface area (Å²) in [6.07, 6.45) is -1.43. The zero-order valence-corrected chi connectivity index (χ0v) is 59.9. The number of ether oxygens (including phenoxy) is 1. The molecule has 0 aromatic heterocycles. The molecule has 2 aliphatic heterocycles. The van der Waals surface area contributed by atoms with Gasteiger partial charge >= 0.3 is 0 Å². The van der Waals surface area contributed by atoms with E-state index in [0.717, 1.165) is 9.80 Å². The minimum absolute atomic E-state index is 0.0612. The molecule has 13 atom stereocenters. The lowest BCUT2D eigenvalue weighted by Crippen LogP contribution is -2.62. The van der Waals surface area contributed by atoms with Crippen molar-refractivity contribution in [1.29, 1.82) is 0 Å². The van der Waals surface area contributed by atoms with E-state index in [9.17, 15) is 43.8 Å². The van der Waals surface area contributed by atoms with E-state index in [4.69, 9.17) is 4.74 Å². The molecule has 3 N–H and O–H groups in total. The third kappa shape index (κ3) is 22.7. The first-order valence-corrected chi connectivity index (χ1v) is 33.5. The maximum Gasteiger partial charge on any atom is 0.248 e. The second-order valence-corrected chi connectivity index (χ2v) is 28.9. The lowest BCUT2D eigenvalue weighted by molar-refractivity contribution is -0.157. The molecule has 2 heterocycles. The SMILES string of the molecule is CC[C@H]1CC(=O)[C@@H]([C@H](O)[C@H](C)CCN2CCOCC2)N(C)C(=O)[C@@H](C(C)C)N(C)C(=O)[C@@H](CC(C)C)N(C)C(=O)[C@@H](CC(C)C)N(C)C(=O)[C@H](C)NC(=O)[C@@H](C)CC(=O)[C@H](CC(C)C)N(C)C(=O)[C@@H](C(C)C)CC(=O)[C@H](CC(C)C)N(C)C(=O)[C@@H](CO)N(C)C1=O. The molecule has 0 bridgehead atoms. The Labute approximate surface area is 545 Å². The van der Waals surface area contributed by atoms with Crippen molar-refractivity contribution in [2.24, 2.45) is 59.2 Å². The van der Waals surface area contributed by atoms with Gasteiger partial charge in [-0.05, 0) is 93.4 Å². The van der Waals surface area contributed by atoms with Gasteiger partial charge in [0.15, 0.2) is 17.3 Å². The van der Waals surface area contributed by atoms with Gasteiger partial charge < -0.3 is 54.6 Å². The van der Waals surface area contributed by atoms with Crippen LogP contribution < -0.4 is 5.32 Å². The van der Waals surface area contributed by atoms with Crippen molar-refractivity contribution in [3.63, 3.8) is 0 Å². The Bertz CT molecular complexity index is 2450. The molecule has 2 fully saturated rings. The summed E-state index contributed by atoms with van der Waals surface area (Å²) >= 11 is 0. The van der Waals surface area contributed by atoms with E-state index in [1.54, 1.807) is 48.5 Å². The van der Waals surface area contributed by atoms with Crippen LogP contribution in [0.25, 0.3) is 0 Å². The largest absolute Gasteiger partial charge is 0.394 e. The van der Waals surface area contributed by atoms with Gasteiger partial charge in [-0.1, -0.05) is 104 Å². The average molecular weight is 1290 g/mol. The van der Waals surface area contributed by atoms with Gasteiger partial charge in [0, 0.05) is 99.4 Å². The Kier molecular flexibility index (Phi) is 33.7. The van der Waals surface area contributed by atoms with E-state index in [2.05, 4.69) is 10.2 Å². The van der Waals surface area contributed by atoms with Gasteiger partial charge in [-0.25, -0.2) is 0 Å². The second kappa shape index (κ2) is 37.5. The van der Waals surface area contributed by atoms with Gasteiger partial charge in [-0.15, -0.1) is 0 Å². The summed E-state index contributed by atoms with van der Waals surface area (Å²) in [7, 11) is 10.0. The van der Waals surface area contributed by atoms with Crippen LogP contribution in [0.1, 0.15) is 169 Å². The van der Waals surface area contributed by atoms with Crippen LogP contribution in [0, 0.1) is 59.2 Å². The number of aliphatic hydroxyl groups excluding tert-OH is 2. The smallest absolute Gasteiger partial charge is 0.248 e. The predicted octanol–water partition coefficient (Wildman–Crippen LogP) is 4.66. The standard InChI is InChI=1S/C68H121N9O14/c1-24-48-36-57(81)59(60(82)45(14)25-26-77-27-29-91-30-28-77)76(23)68(90)58(44(12)13)75(22)66(88)53(34-42(8)9)73(20)65(87)52(33-41(6)7)72(19)62(84)47(16)69-61(83)46(15)35-55(79)50(31-39(2)3)70(17)64(86)49(43(10)11)37-56(80)51(32-40(4)5)71(18)67(89)54(38-78)74(21)63(48)85/h39-54,58-60,78,82H,24-38H2,1-23H3,(H,69,83)/t45-,46+,47+,48+,49-,50+,51+,52-,53-,54-,58-,59+,60-/m1/s1. The monoisotopic (exact) mass is 1290 g/mol. The van der Waals surface area contributed by atoms with E-state index >= 15 is 19.2 Å². The van der Waals surface area contributed by atoms with Crippen LogP contribution in [0.2, 0.25) is 0 Å². The molecule has 8 amide bonds. The number of ketones is 3. The maximum atomic E-state index is 15.4. The van der Waals surface area contributed by atoms with Crippen molar-refractivity contribution in [2.45, 2.75) is 223 Å². The summed E-state index contributed by atoms with van der Waals surface area (Å²) in [6, 6.07) is -9.95. The fourth-order valence-corrected chi connectivity index (χ4v) is 12.7. The van der Waals surface area contributed by atoms with E-state index in [0.29, 0.717) is 39.3 Å². The number of carbonyl (C=O) groups excluding carboxylic acids is 11. The molecule has 522 valence electrons. The topological polar surface area (TPSA) is 275 Å². The highest BCUT2D eigenvalue weighted by molar-refractivity contribution is 6.00. The van der Waals surface area contributed by atoms with Crippen LogP contribution in [0.4, 0.5) is 0 Å². The van der Waals surface area contributed by atoms with Crippen molar-refractivity contribution in [1.82, 2.24) is 44.5 Å². The van der Waals surface area contributed by atoms with E-state index in [1.807, 2.05) is 55.4 Å². The van der Waals surface area contributed by atoms with Crippen molar-refractivity contribution < 1.29 is 67.7 Å². The molecule has 0 radical (unpaired) electrons. The molecule has 91 heavy (non-hydrogen) atoms. The predicted molar refractivity (Wildman–Crippen MR) is 350 cm³/mol. The number of amides is 8. The lowest BCUT2D eigenvalue weighted by Gasteiger charge is -2.42. The number of nitrogens with zero attached hydrogens (tertiary/aromatic N) is 8. The number of hydrogen-bond donors (Lipinski definition) is 3. The zero-order valence-electron chi connectivity index (χ0n) is 59.9. The van der Waals surface area contributed by atoms with Crippen LogP contribution in [0.15, 0.2) is 0 Å². The second-order valence-electron chi connectivity index (χ2n) is 28.9. The Morgan fingerprint density at radius 1 is 0.473 bits per heavy atom. The van der Waals surface area contributed by atoms with Crippen molar-refractivity contribution in [3.05, 3.63) is 0 Å². The molecular weight excluding hydrogens is 1170 g/mol.